The van der Waals surface area contributed by atoms with Gasteiger partial charge in [-0.05, 0) is 19.1 Å². The highest BCUT2D eigenvalue weighted by Crippen LogP contribution is 2.18. The van der Waals surface area contributed by atoms with Gasteiger partial charge in [0.05, 0.1) is 16.7 Å². The predicted molar refractivity (Wildman–Crippen MR) is 45.6 cm³/mol. The Kier molecular flexibility index (Phi) is 2.68. The number of thiazole rings is 1. The summed E-state index contributed by atoms with van der Waals surface area (Å²) in [4.78, 5) is 8.95. The van der Waals surface area contributed by atoms with E-state index in [0.29, 0.717) is 0 Å². The van der Waals surface area contributed by atoms with Gasteiger partial charge in [0.15, 0.2) is 0 Å². The molecule has 1 atom stereocenters. The molecular formula is C6H6N2S2. The van der Waals surface area contributed by atoms with Crippen molar-refractivity contribution in [2.45, 2.75) is 13.0 Å². The van der Waals surface area contributed by atoms with Gasteiger partial charge < -0.3 is 0 Å². The fourth-order valence-corrected chi connectivity index (χ4v) is 1.35. The summed E-state index contributed by atoms with van der Waals surface area (Å²) in [5.74, 6) is 0. The third-order valence-corrected chi connectivity index (χ3v) is 2.16. The van der Waals surface area contributed by atoms with Crippen LogP contribution in [0.25, 0.3) is 0 Å². The molecular weight excluding hydrogens is 164 g/mol. The molecule has 0 fully saturated rings. The standard InChI is InChI=1S/C6H6N2S2/c1-5(8-3-9)6-2-7-4-10-6/h2,4-5H,1H3/t5-/m0/s1. The van der Waals surface area contributed by atoms with Crippen LogP contribution in [0.4, 0.5) is 0 Å². The molecule has 0 unspecified atom stereocenters. The molecule has 4 heteroatoms. The minimum Gasteiger partial charge on any atom is -0.253 e. The molecule has 0 aliphatic rings. The molecule has 10 heavy (non-hydrogen) atoms. The Bertz CT molecular complexity index is 236. The van der Waals surface area contributed by atoms with E-state index in [1.54, 1.807) is 23.0 Å². The first-order valence-electron chi connectivity index (χ1n) is 2.80. The number of thiocarbonyl (C=S) groups is 1. The van der Waals surface area contributed by atoms with Crippen LogP contribution in [-0.4, -0.2) is 10.1 Å². The lowest BCUT2D eigenvalue weighted by Crippen LogP contribution is -1.81. The van der Waals surface area contributed by atoms with Crippen molar-refractivity contribution in [1.82, 2.24) is 4.98 Å². The van der Waals surface area contributed by atoms with Gasteiger partial charge in [-0.2, -0.15) is 0 Å². The van der Waals surface area contributed by atoms with Gasteiger partial charge in [-0.3, -0.25) is 4.98 Å². The maximum Gasteiger partial charge on any atom is 0.0931 e. The van der Waals surface area contributed by atoms with Gasteiger partial charge in [0.2, 0.25) is 0 Å². The molecule has 0 radical (unpaired) electrons. The smallest absolute Gasteiger partial charge is 0.0931 e. The van der Waals surface area contributed by atoms with E-state index < -0.39 is 0 Å². The van der Waals surface area contributed by atoms with Crippen molar-refractivity contribution in [3.63, 3.8) is 0 Å². The summed E-state index contributed by atoms with van der Waals surface area (Å²) in [5, 5.41) is 2.34. The Labute approximate surface area is 68.6 Å². The molecule has 0 bridgehead atoms. The van der Waals surface area contributed by atoms with E-state index >= 15 is 0 Å². The lowest BCUT2D eigenvalue weighted by atomic mass is 10.3. The highest BCUT2D eigenvalue weighted by Gasteiger charge is 2.02. The highest BCUT2D eigenvalue weighted by atomic mass is 32.1. The van der Waals surface area contributed by atoms with Crippen molar-refractivity contribution in [2.75, 3.05) is 0 Å². The second-order valence-corrected chi connectivity index (χ2v) is 2.90. The second-order valence-electron chi connectivity index (χ2n) is 1.80. The second kappa shape index (κ2) is 3.56. The number of isothiocyanates is 1. The van der Waals surface area contributed by atoms with Crippen LogP contribution >= 0.6 is 23.6 Å². The first-order chi connectivity index (χ1) is 4.84. The van der Waals surface area contributed by atoms with E-state index in [9.17, 15) is 0 Å². The minimum absolute atomic E-state index is 0.116. The Morgan fingerprint density at radius 2 is 2.70 bits per heavy atom. The Morgan fingerprint density at radius 3 is 3.20 bits per heavy atom. The SMILES string of the molecule is C[C@H](N=C=S)c1cncs1. The molecule has 0 spiro atoms. The summed E-state index contributed by atoms with van der Waals surface area (Å²) in [6.45, 7) is 1.97. The molecule has 0 N–H and O–H groups in total. The number of hydrogen-bond acceptors (Lipinski definition) is 4. The van der Waals surface area contributed by atoms with Crippen LogP contribution in [-0.2, 0) is 0 Å². The molecule has 0 aliphatic heterocycles. The quantitative estimate of drug-likeness (QED) is 0.502. The number of rotatable bonds is 2. The molecule has 1 rings (SSSR count). The van der Waals surface area contributed by atoms with E-state index in [-0.39, 0.29) is 6.04 Å². The van der Waals surface area contributed by atoms with Gasteiger partial charge in [-0.15, -0.1) is 11.3 Å². The molecule has 0 aliphatic carbocycles. The zero-order valence-corrected chi connectivity index (χ0v) is 7.08. The molecule has 1 aromatic heterocycles. The van der Waals surface area contributed by atoms with Gasteiger partial charge in [-0.1, -0.05) is 0 Å². The minimum atomic E-state index is 0.116. The van der Waals surface area contributed by atoms with Gasteiger partial charge in [-0.25, -0.2) is 4.99 Å². The van der Waals surface area contributed by atoms with Crippen molar-refractivity contribution in [3.8, 4) is 0 Å². The topological polar surface area (TPSA) is 25.2 Å². The first kappa shape index (κ1) is 7.54. The summed E-state index contributed by atoms with van der Waals surface area (Å²) in [5.41, 5.74) is 1.78. The highest BCUT2D eigenvalue weighted by molar-refractivity contribution is 7.78. The largest absolute Gasteiger partial charge is 0.253 e. The average molecular weight is 170 g/mol. The molecule has 0 saturated heterocycles. The molecule has 1 heterocycles. The van der Waals surface area contributed by atoms with Crippen LogP contribution in [0, 0.1) is 0 Å². The van der Waals surface area contributed by atoms with Crippen LogP contribution in [0.3, 0.4) is 0 Å². The normalized spacial score (nSPS) is 12.1. The van der Waals surface area contributed by atoms with Crippen molar-refractivity contribution in [2.24, 2.45) is 4.99 Å². The first-order valence-corrected chi connectivity index (χ1v) is 4.08. The van der Waals surface area contributed by atoms with Crippen molar-refractivity contribution >= 4 is 28.7 Å². The van der Waals surface area contributed by atoms with Crippen LogP contribution in [0.15, 0.2) is 16.7 Å². The monoisotopic (exact) mass is 170 g/mol. The summed E-state index contributed by atoms with van der Waals surface area (Å²) < 4.78 is 0. The molecule has 2 nitrogen and oxygen atoms in total. The third-order valence-electron chi connectivity index (χ3n) is 1.11. The number of hydrogen-bond donors (Lipinski definition) is 0. The lowest BCUT2D eigenvalue weighted by molar-refractivity contribution is 0.845. The summed E-state index contributed by atoms with van der Waals surface area (Å²) in [7, 11) is 0. The van der Waals surface area contributed by atoms with Gasteiger partial charge in [0, 0.05) is 11.1 Å². The lowest BCUT2D eigenvalue weighted by Gasteiger charge is -1.95. The molecule has 0 aromatic carbocycles. The average Bonchev–Trinajstić information content (AvgIpc) is 2.38. The Balaban J connectivity index is 2.76. The van der Waals surface area contributed by atoms with Crippen molar-refractivity contribution in [3.05, 3.63) is 16.6 Å². The van der Waals surface area contributed by atoms with E-state index in [4.69, 9.17) is 0 Å². The van der Waals surface area contributed by atoms with E-state index in [0.717, 1.165) is 4.88 Å². The maximum absolute atomic E-state index is 4.47. The van der Waals surface area contributed by atoms with Crippen LogP contribution in [0.1, 0.15) is 17.8 Å². The van der Waals surface area contributed by atoms with Gasteiger partial charge in [0.1, 0.15) is 0 Å². The fourth-order valence-electron chi connectivity index (χ4n) is 0.575. The van der Waals surface area contributed by atoms with E-state index in [1.807, 2.05) is 6.92 Å². The zero-order valence-electron chi connectivity index (χ0n) is 5.44. The van der Waals surface area contributed by atoms with Crippen molar-refractivity contribution in [1.29, 1.82) is 0 Å². The maximum atomic E-state index is 4.47. The summed E-state index contributed by atoms with van der Waals surface area (Å²) >= 11 is 6.05. The molecule has 0 amide bonds. The van der Waals surface area contributed by atoms with Gasteiger partial charge in [0.25, 0.3) is 0 Å². The number of nitrogens with zero attached hydrogens (tertiary/aromatic N) is 2. The van der Waals surface area contributed by atoms with Crippen molar-refractivity contribution < 1.29 is 0 Å². The summed E-state index contributed by atoms with van der Waals surface area (Å²) in [6, 6.07) is 0.116. The van der Waals surface area contributed by atoms with Gasteiger partial charge >= 0.3 is 0 Å². The summed E-state index contributed by atoms with van der Waals surface area (Å²) in [6.07, 6.45) is 1.80. The van der Waals surface area contributed by atoms with Crippen LogP contribution < -0.4 is 0 Å². The van der Waals surface area contributed by atoms with E-state index in [2.05, 4.69) is 27.4 Å². The third kappa shape index (κ3) is 1.70. The number of aromatic nitrogens is 1. The molecule has 52 valence electrons. The number of aliphatic imine (C=N–C) groups is 1. The fraction of sp³-hybridized carbons (Fsp3) is 0.333. The molecule has 1 aromatic rings. The van der Waals surface area contributed by atoms with E-state index in [1.165, 1.54) is 0 Å². The Hall–Kier alpha value is -0.570. The predicted octanol–water partition coefficient (Wildman–Crippen LogP) is 2.31. The Morgan fingerprint density at radius 1 is 1.90 bits per heavy atom. The zero-order chi connectivity index (χ0) is 7.40. The van der Waals surface area contributed by atoms with Crippen LogP contribution in [0.2, 0.25) is 0 Å². The molecule has 0 saturated carbocycles. The van der Waals surface area contributed by atoms with Crippen LogP contribution in [0.5, 0.6) is 0 Å².